The van der Waals surface area contributed by atoms with Crippen molar-refractivity contribution < 1.29 is 18.4 Å². The second kappa shape index (κ2) is 7.70. The lowest BCUT2D eigenvalue weighted by Crippen LogP contribution is -2.43. The van der Waals surface area contributed by atoms with Gasteiger partial charge in [-0.05, 0) is 31.5 Å². The first kappa shape index (κ1) is 22.5. The summed E-state index contributed by atoms with van der Waals surface area (Å²) >= 11 is 6.93. The van der Waals surface area contributed by atoms with E-state index in [4.69, 9.17) is 17.3 Å². The molecule has 2 aliphatic rings. The highest BCUT2D eigenvalue weighted by molar-refractivity contribution is 8.15. The zero-order valence-electron chi connectivity index (χ0n) is 17.4. The van der Waals surface area contributed by atoms with Crippen LogP contribution < -0.4 is 11.1 Å². The van der Waals surface area contributed by atoms with Gasteiger partial charge in [0.1, 0.15) is 10.4 Å². The lowest BCUT2D eigenvalue weighted by molar-refractivity contribution is -0.129. The van der Waals surface area contributed by atoms with Gasteiger partial charge in [-0.25, -0.2) is 13.8 Å². The lowest BCUT2D eigenvalue weighted by atomic mass is 9.85. The maximum absolute atomic E-state index is 15.0. The number of pyridine rings is 1. The van der Waals surface area contributed by atoms with E-state index in [0.717, 1.165) is 17.8 Å². The third-order valence-electron chi connectivity index (χ3n) is 5.78. The van der Waals surface area contributed by atoms with Crippen LogP contribution in [-0.4, -0.2) is 45.7 Å². The van der Waals surface area contributed by atoms with E-state index in [0.29, 0.717) is 11.4 Å². The SMILES string of the molecule is CN(C)C(=O)[C@]12C[C@H]1[C@@](C)(c1cc(NC(=O)c3ccc(Cl)cn3)cc(F)c1F)N=C(N)S2. The fourth-order valence-electron chi connectivity index (χ4n) is 4.17. The normalized spacial score (nSPS) is 26.1. The van der Waals surface area contributed by atoms with E-state index in [2.05, 4.69) is 15.3 Å². The highest BCUT2D eigenvalue weighted by Gasteiger charge is 2.71. The van der Waals surface area contributed by atoms with Gasteiger partial charge in [0.15, 0.2) is 16.8 Å². The largest absolute Gasteiger partial charge is 0.378 e. The summed E-state index contributed by atoms with van der Waals surface area (Å²) in [5.41, 5.74) is 4.73. The van der Waals surface area contributed by atoms with Crippen LogP contribution >= 0.6 is 23.4 Å². The van der Waals surface area contributed by atoms with Crippen molar-refractivity contribution >= 4 is 46.0 Å². The Morgan fingerprint density at radius 2 is 2.03 bits per heavy atom. The molecule has 1 saturated carbocycles. The number of nitrogens with two attached hydrogens (primary N) is 1. The smallest absolute Gasteiger partial charge is 0.274 e. The number of fused-ring (bicyclic) bond motifs is 1. The molecule has 4 rings (SSSR count). The van der Waals surface area contributed by atoms with Crippen molar-refractivity contribution in [2.75, 3.05) is 19.4 Å². The number of carbonyl (C=O) groups excluding carboxylic acids is 2. The molecule has 1 aliphatic carbocycles. The first-order chi connectivity index (χ1) is 15.0. The fraction of sp³-hybridized carbons (Fsp3) is 0.333. The van der Waals surface area contributed by atoms with E-state index >= 15 is 0 Å². The molecular formula is C21H20ClF2N5O2S. The Hall–Kier alpha value is -2.72. The Kier molecular flexibility index (Phi) is 5.41. The van der Waals surface area contributed by atoms with E-state index in [-0.39, 0.29) is 33.9 Å². The molecule has 1 fully saturated rings. The van der Waals surface area contributed by atoms with Gasteiger partial charge in [-0.15, -0.1) is 0 Å². The molecule has 7 nitrogen and oxygen atoms in total. The van der Waals surface area contributed by atoms with Gasteiger partial charge in [0, 0.05) is 43.5 Å². The van der Waals surface area contributed by atoms with Gasteiger partial charge >= 0.3 is 0 Å². The second-order valence-electron chi connectivity index (χ2n) is 8.18. The first-order valence-electron chi connectivity index (χ1n) is 9.66. The number of amidine groups is 1. The van der Waals surface area contributed by atoms with Crippen LogP contribution in [0.5, 0.6) is 0 Å². The summed E-state index contributed by atoms with van der Waals surface area (Å²) in [4.78, 5) is 35.1. The molecule has 3 N–H and O–H groups in total. The van der Waals surface area contributed by atoms with Crippen molar-refractivity contribution in [1.82, 2.24) is 9.88 Å². The topological polar surface area (TPSA) is 101 Å². The minimum absolute atomic E-state index is 0.0269. The van der Waals surface area contributed by atoms with Crippen LogP contribution in [0.25, 0.3) is 0 Å². The number of halogens is 3. The van der Waals surface area contributed by atoms with E-state index in [9.17, 15) is 18.4 Å². The molecule has 3 atom stereocenters. The van der Waals surface area contributed by atoms with Gasteiger partial charge in [-0.1, -0.05) is 23.4 Å². The Bertz CT molecular complexity index is 1160. The molecule has 168 valence electrons. The van der Waals surface area contributed by atoms with Gasteiger partial charge in [-0.2, -0.15) is 0 Å². The third kappa shape index (κ3) is 3.61. The van der Waals surface area contributed by atoms with Gasteiger partial charge < -0.3 is 16.0 Å². The molecule has 11 heteroatoms. The summed E-state index contributed by atoms with van der Waals surface area (Å²) in [5, 5.41) is 3.00. The maximum atomic E-state index is 15.0. The van der Waals surface area contributed by atoms with Crippen molar-refractivity contribution in [2.45, 2.75) is 23.6 Å². The zero-order chi connectivity index (χ0) is 23.4. The van der Waals surface area contributed by atoms with Crippen LogP contribution in [-0.2, 0) is 10.3 Å². The maximum Gasteiger partial charge on any atom is 0.274 e. The molecule has 0 radical (unpaired) electrons. The summed E-state index contributed by atoms with van der Waals surface area (Å²) in [6.45, 7) is 1.62. The van der Waals surface area contributed by atoms with Crippen LogP contribution in [0.3, 0.4) is 0 Å². The fourth-order valence-corrected chi connectivity index (χ4v) is 5.78. The number of benzene rings is 1. The third-order valence-corrected chi connectivity index (χ3v) is 7.29. The number of anilines is 1. The quantitative estimate of drug-likeness (QED) is 0.700. The molecule has 0 unspecified atom stereocenters. The van der Waals surface area contributed by atoms with E-state index < -0.39 is 27.8 Å². The summed E-state index contributed by atoms with van der Waals surface area (Å²) in [6, 6.07) is 5.11. The van der Waals surface area contributed by atoms with Crippen molar-refractivity contribution in [3.63, 3.8) is 0 Å². The number of nitrogens with one attached hydrogen (secondary N) is 1. The number of aliphatic imine (C=N–C) groups is 1. The highest BCUT2D eigenvalue weighted by Crippen LogP contribution is 2.66. The van der Waals surface area contributed by atoms with E-state index in [1.807, 2.05) is 0 Å². The Morgan fingerprint density at radius 1 is 1.31 bits per heavy atom. The number of hydrogen-bond acceptors (Lipinski definition) is 6. The van der Waals surface area contributed by atoms with Crippen LogP contribution in [0.1, 0.15) is 29.4 Å². The monoisotopic (exact) mass is 479 g/mol. The molecule has 1 aromatic heterocycles. The van der Waals surface area contributed by atoms with Crippen LogP contribution in [0.4, 0.5) is 14.5 Å². The van der Waals surface area contributed by atoms with E-state index in [1.54, 1.807) is 21.0 Å². The van der Waals surface area contributed by atoms with Gasteiger partial charge in [-0.3, -0.25) is 14.6 Å². The Morgan fingerprint density at radius 3 is 2.66 bits per heavy atom. The van der Waals surface area contributed by atoms with E-state index in [1.165, 1.54) is 29.3 Å². The molecule has 0 bridgehead atoms. The Balaban J connectivity index is 1.72. The number of thioether (sulfide) groups is 1. The molecule has 2 amide bonds. The summed E-state index contributed by atoms with van der Waals surface area (Å²) < 4.78 is 28.7. The second-order valence-corrected chi connectivity index (χ2v) is 9.97. The number of rotatable bonds is 4. The molecule has 1 aliphatic heterocycles. The molecule has 2 heterocycles. The molecular weight excluding hydrogens is 460 g/mol. The molecule has 0 saturated heterocycles. The predicted octanol–water partition coefficient (Wildman–Crippen LogP) is 3.39. The van der Waals surface area contributed by atoms with Crippen molar-refractivity contribution in [2.24, 2.45) is 16.6 Å². The number of aromatic nitrogens is 1. The highest BCUT2D eigenvalue weighted by atomic mass is 35.5. The van der Waals surface area contributed by atoms with Crippen LogP contribution in [0, 0.1) is 17.6 Å². The number of amides is 2. The first-order valence-corrected chi connectivity index (χ1v) is 10.9. The van der Waals surface area contributed by atoms with Crippen molar-refractivity contribution in [1.29, 1.82) is 0 Å². The molecule has 0 spiro atoms. The van der Waals surface area contributed by atoms with Crippen LogP contribution in [0.2, 0.25) is 5.02 Å². The van der Waals surface area contributed by atoms with Gasteiger partial charge in [0.2, 0.25) is 5.91 Å². The van der Waals surface area contributed by atoms with Crippen molar-refractivity contribution in [3.8, 4) is 0 Å². The van der Waals surface area contributed by atoms with Gasteiger partial charge in [0.25, 0.3) is 5.91 Å². The standard InChI is InChI=1S/C21H20ClF2N5O2S/c1-20(15-8-21(15,18(31)29(2)3)32-19(25)28-20)12-6-11(7-13(23)16(12)24)27-17(30)14-5-4-10(22)9-26-14/h4-7,9,15H,8H2,1-3H3,(H2,25,28)(H,27,30)/t15-,20+,21-/m0/s1. The minimum atomic E-state index is -1.29. The average Bonchev–Trinajstić information content (AvgIpc) is 3.46. The molecule has 32 heavy (non-hydrogen) atoms. The number of carbonyl (C=O) groups is 2. The Labute approximate surface area is 192 Å². The lowest BCUT2D eigenvalue weighted by Gasteiger charge is -2.34. The number of nitrogens with zero attached hydrogens (tertiary/aromatic N) is 3. The molecule has 2 aromatic rings. The predicted molar refractivity (Wildman–Crippen MR) is 120 cm³/mol. The van der Waals surface area contributed by atoms with Crippen LogP contribution in [0.15, 0.2) is 35.5 Å². The summed E-state index contributed by atoms with van der Waals surface area (Å²) in [7, 11) is 3.26. The zero-order valence-corrected chi connectivity index (χ0v) is 19.0. The number of hydrogen-bond donors (Lipinski definition) is 2. The minimum Gasteiger partial charge on any atom is -0.378 e. The van der Waals surface area contributed by atoms with Gasteiger partial charge in [0.05, 0.1) is 10.6 Å². The van der Waals surface area contributed by atoms with Crippen molar-refractivity contribution in [3.05, 3.63) is 58.4 Å². The summed E-state index contributed by atoms with van der Waals surface area (Å²) in [5.74, 6) is -3.41. The average molecular weight is 480 g/mol. The molecule has 1 aromatic carbocycles. The summed E-state index contributed by atoms with van der Waals surface area (Å²) in [6.07, 6.45) is 1.72.